The summed E-state index contributed by atoms with van der Waals surface area (Å²) in [6, 6.07) is 13.1. The van der Waals surface area contributed by atoms with Crippen LogP contribution in [0.2, 0.25) is 0 Å². The number of benzene rings is 2. The van der Waals surface area contributed by atoms with Crippen LogP contribution in [0.3, 0.4) is 0 Å². The van der Waals surface area contributed by atoms with Crippen molar-refractivity contribution in [3.05, 3.63) is 59.8 Å². The standard InChI is InChI=1S/C21H24N2O3S/c1-4-11-23-13-20(17-7-5-6-8-19(17)23)27(25,26)14-21(24)22-18-12-15(2)9-10-16(18)3/h5-10,12-13H,4,11,14H2,1-3H3,(H,22,24). The number of amides is 1. The summed E-state index contributed by atoms with van der Waals surface area (Å²) in [4.78, 5) is 12.6. The summed E-state index contributed by atoms with van der Waals surface area (Å²) in [5.74, 6) is -1.11. The molecule has 3 rings (SSSR count). The maximum Gasteiger partial charge on any atom is 0.239 e. The molecule has 0 aliphatic heterocycles. The molecule has 1 amide bonds. The highest BCUT2D eigenvalue weighted by Crippen LogP contribution is 2.27. The van der Waals surface area contributed by atoms with E-state index < -0.39 is 21.5 Å². The zero-order valence-electron chi connectivity index (χ0n) is 15.8. The molecule has 0 radical (unpaired) electrons. The highest BCUT2D eigenvalue weighted by Gasteiger charge is 2.24. The number of rotatable bonds is 6. The first kappa shape index (κ1) is 19.2. The first-order valence-corrected chi connectivity index (χ1v) is 10.6. The number of sulfone groups is 1. The van der Waals surface area contributed by atoms with Crippen LogP contribution in [0.1, 0.15) is 24.5 Å². The van der Waals surface area contributed by atoms with Gasteiger partial charge in [0.2, 0.25) is 5.91 Å². The molecule has 2 aromatic carbocycles. The van der Waals surface area contributed by atoms with Crippen LogP contribution in [0.25, 0.3) is 10.9 Å². The van der Waals surface area contributed by atoms with Gasteiger partial charge in [0.15, 0.2) is 9.84 Å². The minimum atomic E-state index is -3.76. The second-order valence-electron chi connectivity index (χ2n) is 6.83. The highest BCUT2D eigenvalue weighted by atomic mass is 32.2. The molecule has 27 heavy (non-hydrogen) atoms. The van der Waals surface area contributed by atoms with E-state index in [-0.39, 0.29) is 4.90 Å². The van der Waals surface area contributed by atoms with Gasteiger partial charge in [-0.3, -0.25) is 4.79 Å². The molecule has 0 saturated carbocycles. The zero-order chi connectivity index (χ0) is 19.6. The van der Waals surface area contributed by atoms with Crippen LogP contribution in [0, 0.1) is 13.8 Å². The third kappa shape index (κ3) is 4.06. The molecule has 6 heteroatoms. The van der Waals surface area contributed by atoms with Gasteiger partial charge < -0.3 is 9.88 Å². The highest BCUT2D eigenvalue weighted by molar-refractivity contribution is 7.92. The molecule has 0 unspecified atom stereocenters. The average Bonchev–Trinajstić information content (AvgIpc) is 2.98. The van der Waals surface area contributed by atoms with Crippen molar-refractivity contribution in [2.45, 2.75) is 38.6 Å². The van der Waals surface area contributed by atoms with Gasteiger partial charge in [0.25, 0.3) is 0 Å². The van der Waals surface area contributed by atoms with Crippen molar-refractivity contribution in [1.82, 2.24) is 4.57 Å². The quantitative estimate of drug-likeness (QED) is 0.696. The number of nitrogens with zero attached hydrogens (tertiary/aromatic N) is 1. The van der Waals surface area contributed by atoms with Gasteiger partial charge in [0.05, 0.1) is 4.90 Å². The van der Waals surface area contributed by atoms with Gasteiger partial charge in [-0.15, -0.1) is 0 Å². The lowest BCUT2D eigenvalue weighted by Crippen LogP contribution is -2.23. The Bertz CT molecular complexity index is 1100. The molecular weight excluding hydrogens is 360 g/mol. The Kier molecular flexibility index (Phi) is 5.37. The molecule has 142 valence electrons. The van der Waals surface area contributed by atoms with Crippen molar-refractivity contribution in [2.24, 2.45) is 0 Å². The Hall–Kier alpha value is -2.60. The van der Waals surface area contributed by atoms with E-state index in [1.165, 1.54) is 0 Å². The van der Waals surface area contributed by atoms with Crippen molar-refractivity contribution in [1.29, 1.82) is 0 Å². The first-order valence-electron chi connectivity index (χ1n) is 8.99. The van der Waals surface area contributed by atoms with Crippen LogP contribution in [-0.4, -0.2) is 24.6 Å². The second kappa shape index (κ2) is 7.56. The molecule has 3 aromatic rings. The normalized spacial score (nSPS) is 11.7. The molecule has 0 saturated heterocycles. The molecule has 1 heterocycles. The van der Waals surface area contributed by atoms with Gasteiger partial charge in [-0.05, 0) is 43.5 Å². The lowest BCUT2D eigenvalue weighted by Gasteiger charge is -2.09. The van der Waals surface area contributed by atoms with E-state index in [1.807, 2.05) is 61.7 Å². The van der Waals surface area contributed by atoms with Gasteiger partial charge in [-0.25, -0.2) is 8.42 Å². The largest absolute Gasteiger partial charge is 0.346 e. The summed E-state index contributed by atoms with van der Waals surface area (Å²) in [7, 11) is -3.76. The van der Waals surface area contributed by atoms with Gasteiger partial charge >= 0.3 is 0 Å². The fourth-order valence-corrected chi connectivity index (χ4v) is 4.56. The average molecular weight is 385 g/mol. The van der Waals surface area contributed by atoms with E-state index in [0.29, 0.717) is 11.1 Å². The van der Waals surface area contributed by atoms with Crippen molar-refractivity contribution >= 4 is 32.3 Å². The third-order valence-electron chi connectivity index (χ3n) is 4.54. The maximum atomic E-state index is 12.9. The lowest BCUT2D eigenvalue weighted by atomic mass is 10.1. The zero-order valence-corrected chi connectivity index (χ0v) is 16.6. The number of fused-ring (bicyclic) bond motifs is 1. The Labute approximate surface area is 159 Å². The Morgan fingerprint density at radius 1 is 1.11 bits per heavy atom. The number of hydrogen-bond acceptors (Lipinski definition) is 3. The molecule has 0 spiro atoms. The second-order valence-corrected chi connectivity index (χ2v) is 8.79. The number of para-hydroxylation sites is 1. The number of hydrogen-bond donors (Lipinski definition) is 1. The van der Waals surface area contributed by atoms with E-state index in [2.05, 4.69) is 5.32 Å². The SMILES string of the molecule is CCCn1cc(S(=O)(=O)CC(=O)Nc2cc(C)ccc2C)c2ccccc21. The van der Waals surface area contributed by atoms with E-state index >= 15 is 0 Å². The Morgan fingerprint density at radius 3 is 2.59 bits per heavy atom. The molecule has 0 atom stereocenters. The molecule has 0 fully saturated rings. The Balaban J connectivity index is 1.90. The van der Waals surface area contributed by atoms with E-state index in [0.717, 1.165) is 29.6 Å². The predicted molar refractivity (Wildman–Crippen MR) is 109 cm³/mol. The van der Waals surface area contributed by atoms with E-state index in [1.54, 1.807) is 12.3 Å². The van der Waals surface area contributed by atoms with Crippen molar-refractivity contribution < 1.29 is 13.2 Å². The van der Waals surface area contributed by atoms with Crippen molar-refractivity contribution in [2.75, 3.05) is 11.1 Å². The van der Waals surface area contributed by atoms with Crippen molar-refractivity contribution in [3.8, 4) is 0 Å². The fraction of sp³-hybridized carbons (Fsp3) is 0.286. The summed E-state index contributed by atoms with van der Waals surface area (Å²) < 4.78 is 27.8. The topological polar surface area (TPSA) is 68.2 Å². The summed E-state index contributed by atoms with van der Waals surface area (Å²) in [6.45, 7) is 6.57. The molecule has 1 aromatic heterocycles. The molecule has 0 aliphatic rings. The number of carbonyl (C=O) groups is 1. The van der Waals surface area contributed by atoms with Crippen LogP contribution >= 0.6 is 0 Å². The first-order chi connectivity index (χ1) is 12.8. The fourth-order valence-electron chi connectivity index (χ4n) is 3.19. The van der Waals surface area contributed by atoms with E-state index in [4.69, 9.17) is 0 Å². The predicted octanol–water partition coefficient (Wildman–Crippen LogP) is 4.08. The van der Waals surface area contributed by atoms with Gasteiger partial charge in [-0.2, -0.15) is 0 Å². The van der Waals surface area contributed by atoms with Gasteiger partial charge in [0.1, 0.15) is 5.75 Å². The van der Waals surface area contributed by atoms with E-state index in [9.17, 15) is 13.2 Å². The number of aromatic nitrogens is 1. The summed E-state index contributed by atoms with van der Waals surface area (Å²) in [6.07, 6.45) is 2.54. The number of aryl methyl sites for hydroxylation is 3. The number of carbonyl (C=O) groups excluding carboxylic acids is 1. The molecule has 0 aliphatic carbocycles. The minimum Gasteiger partial charge on any atom is -0.346 e. The van der Waals surface area contributed by atoms with Crippen LogP contribution in [0.5, 0.6) is 0 Å². The van der Waals surface area contributed by atoms with Crippen LogP contribution in [0.4, 0.5) is 5.69 Å². The van der Waals surface area contributed by atoms with Crippen molar-refractivity contribution in [3.63, 3.8) is 0 Å². The Morgan fingerprint density at radius 2 is 1.85 bits per heavy atom. The van der Waals surface area contributed by atoms with Crippen LogP contribution in [-0.2, 0) is 21.2 Å². The number of nitrogens with one attached hydrogen (secondary N) is 1. The summed E-state index contributed by atoms with van der Waals surface area (Å²) in [5.41, 5.74) is 3.41. The molecule has 1 N–H and O–H groups in total. The molecular formula is C21H24N2O3S. The summed E-state index contributed by atoms with van der Waals surface area (Å²) in [5, 5.41) is 3.39. The summed E-state index contributed by atoms with van der Waals surface area (Å²) >= 11 is 0. The minimum absolute atomic E-state index is 0.211. The smallest absolute Gasteiger partial charge is 0.239 e. The van der Waals surface area contributed by atoms with Gasteiger partial charge in [0, 0.05) is 29.3 Å². The third-order valence-corrected chi connectivity index (χ3v) is 6.18. The van der Waals surface area contributed by atoms with Crippen LogP contribution in [0.15, 0.2) is 53.6 Å². The number of anilines is 1. The monoisotopic (exact) mass is 384 g/mol. The molecule has 0 bridgehead atoms. The maximum absolute atomic E-state index is 12.9. The lowest BCUT2D eigenvalue weighted by molar-refractivity contribution is -0.113. The molecule has 5 nitrogen and oxygen atoms in total. The van der Waals surface area contributed by atoms with Gasteiger partial charge in [-0.1, -0.05) is 37.3 Å². The van der Waals surface area contributed by atoms with Crippen LogP contribution < -0.4 is 5.32 Å².